The Labute approximate surface area is 390 Å². The number of fused-ring (bicyclic) bond motifs is 7. The van der Waals surface area contributed by atoms with E-state index in [0.717, 1.165) is 69.8 Å². The van der Waals surface area contributed by atoms with Gasteiger partial charge in [-0.15, -0.1) is 0 Å². The van der Waals surface area contributed by atoms with Gasteiger partial charge < -0.3 is 14.2 Å². The van der Waals surface area contributed by atoms with Crippen LogP contribution in [-0.4, -0.2) is 57.3 Å². The maximum Gasteiger partial charge on any atom is 0.410 e. The summed E-state index contributed by atoms with van der Waals surface area (Å²) in [6, 6.07) is 7.45. The van der Waals surface area contributed by atoms with E-state index in [0.29, 0.717) is 16.9 Å². The molecule has 1 aromatic rings. The Balaban J connectivity index is 1.27. The van der Waals surface area contributed by atoms with Crippen molar-refractivity contribution >= 4 is 48.0 Å². The Morgan fingerprint density at radius 3 is 1.97 bits per heavy atom. The Kier molecular flexibility index (Phi) is 13.2. The fraction of sp³-hybridized carbons (Fsp3) is 0.774. The highest BCUT2D eigenvalue weighted by Gasteiger charge is 2.74. The summed E-state index contributed by atoms with van der Waals surface area (Å²) in [5.74, 6) is 0.325. The van der Waals surface area contributed by atoms with Crippen LogP contribution in [0.4, 0.5) is 4.79 Å². The van der Waals surface area contributed by atoms with Crippen molar-refractivity contribution in [1.29, 1.82) is 0 Å². The molecule has 0 saturated heterocycles. The lowest BCUT2D eigenvalue weighted by atomic mass is 9.32. The van der Waals surface area contributed by atoms with Crippen molar-refractivity contribution in [3.63, 3.8) is 0 Å². The number of carbonyl (C=O) groups is 4. The second kappa shape index (κ2) is 16.7. The molecule has 0 heterocycles. The van der Waals surface area contributed by atoms with Crippen molar-refractivity contribution in [2.45, 2.75) is 203 Å². The molecule has 0 N–H and O–H groups in total. The minimum atomic E-state index is -1.02. The number of rotatable bonds is 10. The lowest BCUT2D eigenvalue weighted by molar-refractivity contribution is -0.221. The molecule has 10 heteroatoms. The van der Waals surface area contributed by atoms with E-state index in [2.05, 4.69) is 48.5 Å². The van der Waals surface area contributed by atoms with Gasteiger partial charge in [0.2, 0.25) is 0 Å². The first-order chi connectivity index (χ1) is 28.8. The zero-order valence-electron chi connectivity index (χ0n) is 41.4. The van der Waals surface area contributed by atoms with E-state index in [1.165, 1.54) is 11.1 Å². The number of esters is 2. The molecule has 8 atom stereocenters. The van der Waals surface area contributed by atoms with E-state index in [1.807, 2.05) is 65.8 Å². The third-order valence-corrected chi connectivity index (χ3v) is 19.1. The monoisotopic (exact) mass is 910 g/mol. The van der Waals surface area contributed by atoms with Gasteiger partial charge in [-0.2, -0.15) is 12.6 Å². The first-order valence-electron chi connectivity index (χ1n) is 23.9. The number of benzene rings is 1. The third kappa shape index (κ3) is 8.68. The molecule has 8 nitrogen and oxygen atoms in total. The van der Waals surface area contributed by atoms with Crippen molar-refractivity contribution in [3.8, 4) is 0 Å². The maximum absolute atomic E-state index is 15.3. The van der Waals surface area contributed by atoms with Crippen molar-refractivity contribution in [1.82, 2.24) is 4.90 Å². The van der Waals surface area contributed by atoms with Gasteiger partial charge in [-0.3, -0.25) is 19.3 Å². The van der Waals surface area contributed by atoms with Gasteiger partial charge in [0.25, 0.3) is 0 Å². The zero-order valence-corrected chi connectivity index (χ0v) is 43.1. The molecule has 5 aliphatic carbocycles. The molecule has 1 aromatic carbocycles. The highest BCUT2D eigenvalue weighted by molar-refractivity contribution is 7.82. The number of Topliss-reactive ketones (excluding diaryl/α,β-unsaturated/α-hetero) is 1. The quantitative estimate of drug-likeness (QED) is 0.108. The van der Waals surface area contributed by atoms with Gasteiger partial charge in [-0.05, 0) is 171 Å². The van der Waals surface area contributed by atoms with Crippen LogP contribution in [0.2, 0.25) is 5.02 Å². The fourth-order valence-corrected chi connectivity index (χ4v) is 14.5. The van der Waals surface area contributed by atoms with Gasteiger partial charge in [0.15, 0.2) is 5.78 Å². The molecular weight excluding hydrogens is 830 g/mol. The molecule has 0 radical (unpaired) electrons. The van der Waals surface area contributed by atoms with Crippen LogP contribution in [0.15, 0.2) is 35.4 Å². The van der Waals surface area contributed by atoms with Gasteiger partial charge >= 0.3 is 18.0 Å². The summed E-state index contributed by atoms with van der Waals surface area (Å²) in [4.78, 5) is 57.5. The van der Waals surface area contributed by atoms with E-state index in [-0.39, 0.29) is 59.5 Å². The summed E-state index contributed by atoms with van der Waals surface area (Å²) >= 11 is 12.0. The van der Waals surface area contributed by atoms with Crippen LogP contribution in [0, 0.1) is 50.2 Å². The van der Waals surface area contributed by atoms with E-state index in [4.69, 9.17) is 38.4 Å². The molecule has 0 aromatic heterocycles. The predicted molar refractivity (Wildman–Crippen MR) is 254 cm³/mol. The minimum absolute atomic E-state index is 0.00465. The Hall–Kier alpha value is -2.52. The minimum Gasteiger partial charge on any atom is -0.462 e. The largest absolute Gasteiger partial charge is 0.462 e. The Bertz CT molecular complexity index is 1990. The predicted octanol–water partition coefficient (Wildman–Crippen LogP) is 13.2. The van der Waals surface area contributed by atoms with Crippen molar-refractivity contribution in [2.75, 3.05) is 6.54 Å². The summed E-state index contributed by atoms with van der Waals surface area (Å²) in [6.45, 7) is 31.5. The topological polar surface area (TPSA) is 99.2 Å². The molecule has 0 bridgehead atoms. The van der Waals surface area contributed by atoms with E-state index >= 15 is 4.79 Å². The third-order valence-electron chi connectivity index (χ3n) is 17.5. The lowest BCUT2D eigenvalue weighted by Gasteiger charge is -2.74. The number of nitrogens with zero attached hydrogens (tertiary/aromatic N) is 1. The summed E-state index contributed by atoms with van der Waals surface area (Å²) < 4.78 is 17.6. The maximum atomic E-state index is 15.3. The first kappa shape index (κ1) is 49.9. The number of amides is 1. The fourth-order valence-electron chi connectivity index (χ4n) is 13.8. The van der Waals surface area contributed by atoms with E-state index in [9.17, 15) is 14.4 Å². The van der Waals surface area contributed by atoms with Crippen molar-refractivity contribution in [3.05, 3.63) is 46.0 Å². The number of ether oxygens (including phenoxy) is 3. The van der Waals surface area contributed by atoms with Crippen LogP contribution in [0.1, 0.15) is 180 Å². The molecule has 1 amide bonds. The molecule has 63 heavy (non-hydrogen) atoms. The first-order valence-corrected chi connectivity index (χ1v) is 24.7. The molecule has 5 aliphatic rings. The highest BCUT2D eigenvalue weighted by Crippen LogP contribution is 2.78. The summed E-state index contributed by atoms with van der Waals surface area (Å²) in [6.07, 6.45) is 8.14. The molecule has 0 spiro atoms. The van der Waals surface area contributed by atoms with Gasteiger partial charge in [-0.25, -0.2) is 4.79 Å². The second-order valence-corrected chi connectivity index (χ2v) is 25.9. The SMILES string of the molecule is CC(C)C1=C2[C@H]3CC[C@@H]4[C@@]5(C)CC[C@H](OC(=O)CC(C)(C)C(=O)OC(C)(C)C)C(C)(C)C5(S)CC[C@@]4(C)[C@]3(C)CC[C@@]2(C(=O)CN(Cc2ccc(Cl)cc2)C(=O)OC(C)(C)C)CC1. The van der Waals surface area contributed by atoms with Crippen molar-refractivity contribution in [2.24, 2.45) is 50.2 Å². The normalized spacial score (nSPS) is 34.0. The van der Waals surface area contributed by atoms with Crippen LogP contribution in [0.3, 0.4) is 0 Å². The Morgan fingerprint density at radius 2 is 1.38 bits per heavy atom. The molecule has 4 fully saturated rings. The Morgan fingerprint density at radius 1 is 0.778 bits per heavy atom. The molecule has 0 aliphatic heterocycles. The van der Waals surface area contributed by atoms with Crippen molar-refractivity contribution < 1.29 is 33.4 Å². The van der Waals surface area contributed by atoms with Crippen LogP contribution in [0.25, 0.3) is 0 Å². The number of hydrogen-bond acceptors (Lipinski definition) is 8. The molecule has 1 unspecified atom stereocenters. The van der Waals surface area contributed by atoms with Gasteiger partial charge in [0.05, 0.1) is 23.8 Å². The average molecular weight is 911 g/mol. The summed E-state index contributed by atoms with van der Waals surface area (Å²) in [5.41, 5.74) is 0.121. The number of halogens is 1. The molecule has 4 saturated carbocycles. The van der Waals surface area contributed by atoms with Gasteiger partial charge in [0.1, 0.15) is 17.3 Å². The number of thiol groups is 1. The smallest absolute Gasteiger partial charge is 0.410 e. The molecular formula is C53H80ClNO7S. The van der Waals surface area contributed by atoms with Gasteiger partial charge in [-0.1, -0.05) is 83.3 Å². The van der Waals surface area contributed by atoms with Gasteiger partial charge in [0, 0.05) is 21.7 Å². The number of carbonyl (C=O) groups excluding carboxylic acids is 4. The number of hydrogen-bond donors (Lipinski definition) is 1. The summed E-state index contributed by atoms with van der Waals surface area (Å²) in [7, 11) is 0. The molecule has 6 rings (SSSR count). The van der Waals surface area contributed by atoms with E-state index < -0.39 is 44.3 Å². The van der Waals surface area contributed by atoms with Crippen LogP contribution >= 0.6 is 24.2 Å². The molecule has 352 valence electrons. The standard InChI is InChI=1S/C53H80ClNO7S/c1-33(2)36-22-25-52(39(56)32-55(44(59)62-46(6,7)8)31-34-16-18-35(54)19-17-34)28-26-49(13)37(42(36)52)20-21-38-50(49,14)27-29-53(63)48(11,12)40(23-24-51(38,53)15)60-41(57)30-47(9,10)43(58)61-45(3,4)5/h16-19,33,37-38,40,63H,20-32H2,1-15H3/t37-,38+,40+,49-,50-,51-,52-,53?/m1/s1. The average Bonchev–Trinajstić information content (AvgIpc) is 3.55. The lowest BCUT2D eigenvalue weighted by Crippen LogP contribution is -2.71. The highest BCUT2D eigenvalue weighted by atomic mass is 35.5. The zero-order chi connectivity index (χ0) is 47.1. The summed E-state index contributed by atoms with van der Waals surface area (Å²) in [5, 5.41) is 0.620. The van der Waals surface area contributed by atoms with Crippen LogP contribution < -0.4 is 0 Å². The van der Waals surface area contributed by atoms with Crippen LogP contribution in [-0.2, 0) is 35.1 Å². The van der Waals surface area contributed by atoms with E-state index in [1.54, 1.807) is 18.7 Å². The number of allylic oxidation sites excluding steroid dienone is 2. The second-order valence-electron chi connectivity index (χ2n) is 24.7. The number of ketones is 1. The van der Waals surface area contributed by atoms with Crippen LogP contribution in [0.5, 0.6) is 0 Å².